The molecule has 0 bridgehead atoms. The number of hydrogen-bond donors (Lipinski definition) is 0. The second kappa shape index (κ2) is 6.37. The molecule has 1 aromatic carbocycles. The summed E-state index contributed by atoms with van der Waals surface area (Å²) in [4.78, 5) is 0.421. The fraction of sp³-hybridized carbons (Fsp3) is 0.571. The van der Waals surface area contributed by atoms with Crippen LogP contribution in [0.1, 0.15) is 25.7 Å². The van der Waals surface area contributed by atoms with Crippen molar-refractivity contribution in [1.82, 2.24) is 0 Å². The van der Waals surface area contributed by atoms with Gasteiger partial charge in [-0.3, -0.25) is 0 Å². The van der Waals surface area contributed by atoms with Gasteiger partial charge in [-0.15, -0.1) is 0 Å². The van der Waals surface area contributed by atoms with Crippen LogP contribution in [0.25, 0.3) is 0 Å². The molecule has 2 rings (SSSR count). The van der Waals surface area contributed by atoms with E-state index in [1.807, 2.05) is 0 Å². The van der Waals surface area contributed by atoms with Gasteiger partial charge in [0.2, 0.25) is 0 Å². The first-order valence-electron chi connectivity index (χ1n) is 6.52. The molecule has 3 nitrogen and oxygen atoms in total. The van der Waals surface area contributed by atoms with Gasteiger partial charge < -0.3 is 4.74 Å². The number of sulfone groups is 1. The third-order valence-corrected chi connectivity index (χ3v) is 6.18. The van der Waals surface area contributed by atoms with E-state index in [1.54, 1.807) is 31.4 Å². The molecule has 0 atom stereocenters. The Hall–Kier alpha value is -0.390. The number of halogens is 1. The Morgan fingerprint density at radius 3 is 2.26 bits per heavy atom. The summed E-state index contributed by atoms with van der Waals surface area (Å²) in [6.45, 7) is 0. The first kappa shape index (κ1) is 15.0. The van der Waals surface area contributed by atoms with Gasteiger partial charge in [-0.05, 0) is 55.9 Å². The maximum atomic E-state index is 12.3. The Balaban J connectivity index is 2.00. The topological polar surface area (TPSA) is 43.4 Å². The van der Waals surface area contributed by atoms with E-state index in [2.05, 4.69) is 15.9 Å². The maximum absolute atomic E-state index is 12.3. The van der Waals surface area contributed by atoms with E-state index < -0.39 is 9.84 Å². The van der Waals surface area contributed by atoms with Gasteiger partial charge in [0, 0.05) is 11.6 Å². The number of benzene rings is 1. The molecular formula is C14H19BrO3S. The normalized spacial score (nSPS) is 24.3. The lowest BCUT2D eigenvalue weighted by Crippen LogP contribution is -2.25. The molecule has 0 amide bonds. The summed E-state index contributed by atoms with van der Waals surface area (Å²) in [5, 5.41) is 0. The number of methoxy groups -OCH3 is 1. The zero-order valence-corrected chi connectivity index (χ0v) is 13.4. The molecule has 19 heavy (non-hydrogen) atoms. The van der Waals surface area contributed by atoms with Crippen molar-refractivity contribution in [1.29, 1.82) is 0 Å². The van der Waals surface area contributed by atoms with E-state index in [4.69, 9.17) is 4.74 Å². The molecule has 0 radical (unpaired) electrons. The summed E-state index contributed by atoms with van der Waals surface area (Å²) in [6, 6.07) is 6.88. The van der Waals surface area contributed by atoms with Crippen molar-refractivity contribution >= 4 is 25.8 Å². The van der Waals surface area contributed by atoms with Crippen LogP contribution in [0.15, 0.2) is 33.6 Å². The lowest BCUT2D eigenvalue weighted by Gasteiger charge is -2.27. The van der Waals surface area contributed by atoms with E-state index in [0.29, 0.717) is 11.0 Å². The van der Waals surface area contributed by atoms with Gasteiger partial charge in [0.1, 0.15) is 0 Å². The van der Waals surface area contributed by atoms with Crippen LogP contribution >= 0.6 is 15.9 Å². The minimum absolute atomic E-state index is 0.255. The summed E-state index contributed by atoms with van der Waals surface area (Å²) in [7, 11) is -1.44. The van der Waals surface area contributed by atoms with Crippen molar-refractivity contribution in [2.45, 2.75) is 36.7 Å². The van der Waals surface area contributed by atoms with Crippen LogP contribution in [0.5, 0.6) is 0 Å². The fourth-order valence-electron chi connectivity index (χ4n) is 2.58. The van der Waals surface area contributed by atoms with Crippen LogP contribution in [0.4, 0.5) is 0 Å². The zero-order valence-electron chi connectivity index (χ0n) is 11.0. The lowest BCUT2D eigenvalue weighted by atomic mass is 9.89. The monoisotopic (exact) mass is 346 g/mol. The van der Waals surface area contributed by atoms with Crippen LogP contribution in [-0.4, -0.2) is 27.4 Å². The quantitative estimate of drug-likeness (QED) is 0.838. The molecule has 106 valence electrons. The van der Waals surface area contributed by atoms with Crippen LogP contribution in [0.3, 0.4) is 0 Å². The van der Waals surface area contributed by atoms with Crippen LogP contribution in [0, 0.1) is 5.92 Å². The molecule has 0 saturated heterocycles. The third kappa shape index (κ3) is 4.04. The molecule has 1 aromatic rings. The molecule has 0 unspecified atom stereocenters. The van der Waals surface area contributed by atoms with Crippen LogP contribution in [0.2, 0.25) is 0 Å². The van der Waals surface area contributed by atoms with Crippen molar-refractivity contribution < 1.29 is 13.2 Å². The lowest BCUT2D eigenvalue weighted by molar-refractivity contribution is 0.0597. The van der Waals surface area contributed by atoms with Crippen molar-refractivity contribution in [2.24, 2.45) is 5.92 Å². The summed E-state index contributed by atoms with van der Waals surface area (Å²) < 4.78 is 30.8. The molecule has 1 fully saturated rings. The summed E-state index contributed by atoms with van der Waals surface area (Å²) in [6.07, 6.45) is 4.13. The molecular weight excluding hydrogens is 328 g/mol. The van der Waals surface area contributed by atoms with Gasteiger partial charge in [-0.25, -0.2) is 8.42 Å². The Labute approximate surface area is 123 Å². The summed E-state index contributed by atoms with van der Waals surface area (Å²) >= 11 is 3.32. The fourth-order valence-corrected chi connectivity index (χ4v) is 4.54. The predicted molar refractivity (Wildman–Crippen MR) is 78.9 cm³/mol. The first-order valence-corrected chi connectivity index (χ1v) is 8.97. The van der Waals surface area contributed by atoms with Gasteiger partial charge in [0.05, 0.1) is 16.8 Å². The Kier molecular flexibility index (Phi) is 5.03. The SMILES string of the molecule is COC1CCC(CS(=O)(=O)c2ccc(Br)cc2)CC1. The molecule has 1 aliphatic rings. The van der Waals surface area contributed by atoms with Gasteiger partial charge in [-0.2, -0.15) is 0 Å². The highest BCUT2D eigenvalue weighted by atomic mass is 79.9. The number of ether oxygens (including phenoxy) is 1. The Morgan fingerprint density at radius 2 is 1.74 bits per heavy atom. The standard InChI is InChI=1S/C14H19BrO3S/c1-18-13-6-2-11(3-7-13)10-19(16,17)14-8-4-12(15)5-9-14/h4-5,8-9,11,13H,2-3,6-7,10H2,1H3. The van der Waals surface area contributed by atoms with Crippen molar-refractivity contribution in [3.05, 3.63) is 28.7 Å². The molecule has 0 aliphatic heterocycles. The van der Waals surface area contributed by atoms with Crippen LogP contribution < -0.4 is 0 Å². The molecule has 0 heterocycles. The van der Waals surface area contributed by atoms with E-state index in [-0.39, 0.29) is 11.7 Å². The largest absolute Gasteiger partial charge is 0.381 e. The average molecular weight is 347 g/mol. The zero-order chi connectivity index (χ0) is 13.9. The Bertz CT molecular complexity index is 502. The molecule has 0 aromatic heterocycles. The average Bonchev–Trinajstić information content (AvgIpc) is 2.40. The number of hydrogen-bond acceptors (Lipinski definition) is 3. The van der Waals surface area contributed by atoms with Crippen LogP contribution in [-0.2, 0) is 14.6 Å². The minimum Gasteiger partial charge on any atom is -0.381 e. The van der Waals surface area contributed by atoms with Gasteiger partial charge >= 0.3 is 0 Å². The van der Waals surface area contributed by atoms with E-state index in [9.17, 15) is 8.42 Å². The van der Waals surface area contributed by atoms with Gasteiger partial charge in [-0.1, -0.05) is 15.9 Å². The molecule has 0 N–H and O–H groups in total. The summed E-state index contributed by atoms with van der Waals surface area (Å²) in [5.74, 6) is 0.519. The maximum Gasteiger partial charge on any atom is 0.178 e. The molecule has 0 spiro atoms. The molecule has 1 aliphatic carbocycles. The first-order chi connectivity index (χ1) is 9.01. The highest BCUT2D eigenvalue weighted by Crippen LogP contribution is 2.28. The minimum atomic E-state index is -3.16. The third-order valence-electron chi connectivity index (χ3n) is 3.75. The molecule has 5 heteroatoms. The van der Waals surface area contributed by atoms with Gasteiger partial charge in [0.15, 0.2) is 9.84 Å². The highest BCUT2D eigenvalue weighted by Gasteiger charge is 2.26. The summed E-state index contributed by atoms with van der Waals surface area (Å²) in [5.41, 5.74) is 0. The second-order valence-electron chi connectivity index (χ2n) is 5.11. The van der Waals surface area contributed by atoms with E-state index in [0.717, 1.165) is 30.2 Å². The highest BCUT2D eigenvalue weighted by molar-refractivity contribution is 9.10. The smallest absolute Gasteiger partial charge is 0.178 e. The van der Waals surface area contributed by atoms with E-state index >= 15 is 0 Å². The Morgan fingerprint density at radius 1 is 1.16 bits per heavy atom. The predicted octanol–water partition coefficient (Wildman–Crippen LogP) is 3.43. The van der Waals surface area contributed by atoms with Gasteiger partial charge in [0.25, 0.3) is 0 Å². The number of rotatable bonds is 4. The van der Waals surface area contributed by atoms with Crippen molar-refractivity contribution in [2.75, 3.05) is 12.9 Å². The van der Waals surface area contributed by atoms with Crippen molar-refractivity contribution in [3.63, 3.8) is 0 Å². The van der Waals surface area contributed by atoms with Crippen molar-refractivity contribution in [3.8, 4) is 0 Å². The molecule has 1 saturated carbocycles. The second-order valence-corrected chi connectivity index (χ2v) is 8.06. The van der Waals surface area contributed by atoms with E-state index in [1.165, 1.54) is 0 Å².